The molecule has 3 nitrogen and oxygen atoms in total. The Bertz CT molecular complexity index is 720. The van der Waals surface area contributed by atoms with Crippen LogP contribution in [0.5, 0.6) is 0 Å². The van der Waals surface area contributed by atoms with Gasteiger partial charge in [0.05, 0.1) is 21.8 Å². The second-order valence-corrected chi connectivity index (χ2v) is 4.75. The van der Waals surface area contributed by atoms with Crippen molar-refractivity contribution >= 4 is 34.2 Å². The molecule has 0 aliphatic rings. The molecule has 0 saturated carbocycles. The second kappa shape index (κ2) is 4.26. The Morgan fingerprint density at radius 3 is 2.56 bits per heavy atom. The lowest BCUT2D eigenvalue weighted by Crippen LogP contribution is -1.97. The summed E-state index contributed by atoms with van der Waals surface area (Å²) in [7, 11) is 0. The standard InChI is InChI=1S/C13H9Cl2N3/c1-8-12-10(14)7-11(15)16-13(12)18(17-8)9-5-3-2-4-6-9/h2-7H,1H3. The van der Waals surface area contributed by atoms with E-state index in [-0.39, 0.29) is 0 Å². The van der Waals surface area contributed by atoms with Crippen LogP contribution in [-0.2, 0) is 0 Å². The molecule has 90 valence electrons. The second-order valence-electron chi connectivity index (χ2n) is 3.96. The van der Waals surface area contributed by atoms with Crippen molar-refractivity contribution in [2.45, 2.75) is 6.92 Å². The van der Waals surface area contributed by atoms with Crippen molar-refractivity contribution < 1.29 is 0 Å². The molecule has 0 saturated heterocycles. The highest BCUT2D eigenvalue weighted by atomic mass is 35.5. The fourth-order valence-electron chi connectivity index (χ4n) is 1.96. The fourth-order valence-corrected chi connectivity index (χ4v) is 2.53. The van der Waals surface area contributed by atoms with Gasteiger partial charge in [0.2, 0.25) is 0 Å². The Kier molecular flexibility index (Phi) is 2.73. The van der Waals surface area contributed by atoms with Gasteiger partial charge in [-0.3, -0.25) is 0 Å². The molecule has 0 amide bonds. The molecule has 3 aromatic rings. The Labute approximate surface area is 114 Å². The highest BCUT2D eigenvalue weighted by molar-refractivity contribution is 6.37. The van der Waals surface area contributed by atoms with Gasteiger partial charge in [0.15, 0.2) is 5.65 Å². The van der Waals surface area contributed by atoms with Crippen molar-refractivity contribution in [3.63, 3.8) is 0 Å². The van der Waals surface area contributed by atoms with E-state index in [1.165, 1.54) is 0 Å². The quantitative estimate of drug-likeness (QED) is 0.629. The van der Waals surface area contributed by atoms with Crippen molar-refractivity contribution in [2.75, 3.05) is 0 Å². The van der Waals surface area contributed by atoms with Crippen LogP contribution in [0.15, 0.2) is 36.4 Å². The molecule has 0 unspecified atom stereocenters. The molecule has 2 aromatic heterocycles. The monoisotopic (exact) mass is 277 g/mol. The van der Waals surface area contributed by atoms with Gasteiger partial charge in [-0.25, -0.2) is 9.67 Å². The summed E-state index contributed by atoms with van der Waals surface area (Å²) in [6.07, 6.45) is 0. The third kappa shape index (κ3) is 1.76. The third-order valence-electron chi connectivity index (χ3n) is 2.73. The maximum atomic E-state index is 6.19. The van der Waals surface area contributed by atoms with E-state index in [0.717, 1.165) is 16.8 Å². The minimum atomic E-state index is 0.365. The third-order valence-corrected chi connectivity index (χ3v) is 3.23. The Morgan fingerprint density at radius 1 is 1.11 bits per heavy atom. The molecule has 18 heavy (non-hydrogen) atoms. The average Bonchev–Trinajstić information content (AvgIpc) is 2.67. The summed E-state index contributed by atoms with van der Waals surface area (Å²) in [5, 5.41) is 6.25. The number of fused-ring (bicyclic) bond motifs is 1. The number of pyridine rings is 1. The zero-order valence-corrected chi connectivity index (χ0v) is 11.1. The van der Waals surface area contributed by atoms with Gasteiger partial charge in [-0.2, -0.15) is 5.10 Å². The van der Waals surface area contributed by atoms with Crippen molar-refractivity contribution in [2.24, 2.45) is 0 Å². The maximum Gasteiger partial charge on any atom is 0.166 e. The smallest absolute Gasteiger partial charge is 0.166 e. The van der Waals surface area contributed by atoms with Crippen LogP contribution >= 0.6 is 23.2 Å². The number of hydrogen-bond acceptors (Lipinski definition) is 2. The zero-order valence-electron chi connectivity index (χ0n) is 9.56. The molecule has 0 aliphatic heterocycles. The van der Waals surface area contributed by atoms with Crippen LogP contribution in [0.4, 0.5) is 0 Å². The molecule has 5 heteroatoms. The largest absolute Gasteiger partial charge is 0.216 e. The Balaban J connectivity index is 2.38. The number of halogens is 2. The van der Waals surface area contributed by atoms with Crippen LogP contribution in [0.25, 0.3) is 16.7 Å². The van der Waals surface area contributed by atoms with E-state index < -0.39 is 0 Å². The molecule has 0 radical (unpaired) electrons. The van der Waals surface area contributed by atoms with Crippen LogP contribution in [0.3, 0.4) is 0 Å². The summed E-state index contributed by atoms with van der Waals surface area (Å²) in [6, 6.07) is 11.4. The van der Waals surface area contributed by atoms with Gasteiger partial charge < -0.3 is 0 Å². The zero-order chi connectivity index (χ0) is 12.7. The van der Waals surface area contributed by atoms with Crippen molar-refractivity contribution in [1.82, 2.24) is 14.8 Å². The van der Waals surface area contributed by atoms with Crippen LogP contribution < -0.4 is 0 Å². The number of nitrogens with zero attached hydrogens (tertiary/aromatic N) is 3. The van der Waals surface area contributed by atoms with Gasteiger partial charge in [-0.1, -0.05) is 41.4 Å². The minimum Gasteiger partial charge on any atom is -0.216 e. The lowest BCUT2D eigenvalue weighted by atomic mass is 10.3. The summed E-state index contributed by atoms with van der Waals surface area (Å²) >= 11 is 12.1. The predicted octanol–water partition coefficient (Wildman–Crippen LogP) is 4.04. The van der Waals surface area contributed by atoms with E-state index in [0.29, 0.717) is 15.8 Å². The molecule has 3 rings (SSSR count). The molecule has 0 N–H and O–H groups in total. The summed E-state index contributed by atoms with van der Waals surface area (Å²) in [6.45, 7) is 1.91. The van der Waals surface area contributed by atoms with Crippen LogP contribution in [0.1, 0.15) is 5.69 Å². The predicted molar refractivity (Wildman–Crippen MR) is 73.6 cm³/mol. The van der Waals surface area contributed by atoms with E-state index in [9.17, 15) is 0 Å². The number of rotatable bonds is 1. The van der Waals surface area contributed by atoms with Crippen LogP contribution in [0, 0.1) is 6.92 Å². The van der Waals surface area contributed by atoms with E-state index in [1.807, 2.05) is 37.3 Å². The van der Waals surface area contributed by atoms with Gasteiger partial charge in [0, 0.05) is 0 Å². The number of aryl methyl sites for hydroxylation is 1. The number of para-hydroxylation sites is 1. The number of benzene rings is 1. The molecule has 1 aromatic carbocycles. The first-order valence-corrected chi connectivity index (χ1v) is 6.19. The van der Waals surface area contributed by atoms with Crippen molar-refractivity contribution in [3.8, 4) is 5.69 Å². The fraction of sp³-hybridized carbons (Fsp3) is 0.0769. The van der Waals surface area contributed by atoms with E-state index in [4.69, 9.17) is 23.2 Å². The normalized spacial score (nSPS) is 11.1. The van der Waals surface area contributed by atoms with Crippen LogP contribution in [-0.4, -0.2) is 14.8 Å². The lowest BCUT2D eigenvalue weighted by molar-refractivity contribution is 0.878. The van der Waals surface area contributed by atoms with Crippen LogP contribution in [0.2, 0.25) is 10.2 Å². The first kappa shape index (κ1) is 11.5. The van der Waals surface area contributed by atoms with Crippen molar-refractivity contribution in [3.05, 3.63) is 52.3 Å². The molecular weight excluding hydrogens is 269 g/mol. The van der Waals surface area contributed by atoms with Gasteiger partial charge in [0.25, 0.3) is 0 Å². The highest BCUT2D eigenvalue weighted by Crippen LogP contribution is 2.29. The van der Waals surface area contributed by atoms with Crippen molar-refractivity contribution in [1.29, 1.82) is 0 Å². The molecule has 0 atom stereocenters. The summed E-state index contributed by atoms with van der Waals surface area (Å²) in [5.41, 5.74) is 2.45. The first-order chi connectivity index (χ1) is 8.66. The Hall–Kier alpha value is -1.58. The number of aromatic nitrogens is 3. The van der Waals surface area contributed by atoms with E-state index in [1.54, 1.807) is 10.7 Å². The van der Waals surface area contributed by atoms with Gasteiger partial charge in [-0.15, -0.1) is 0 Å². The van der Waals surface area contributed by atoms with Gasteiger partial charge >= 0.3 is 0 Å². The molecule has 0 spiro atoms. The van der Waals surface area contributed by atoms with Gasteiger partial charge in [-0.05, 0) is 25.1 Å². The minimum absolute atomic E-state index is 0.365. The molecule has 0 aliphatic carbocycles. The van der Waals surface area contributed by atoms with Gasteiger partial charge in [0.1, 0.15) is 5.15 Å². The first-order valence-electron chi connectivity index (χ1n) is 5.43. The summed E-state index contributed by atoms with van der Waals surface area (Å²) < 4.78 is 1.75. The average molecular weight is 278 g/mol. The maximum absolute atomic E-state index is 6.19. The topological polar surface area (TPSA) is 30.7 Å². The molecule has 0 fully saturated rings. The highest BCUT2D eigenvalue weighted by Gasteiger charge is 2.14. The number of hydrogen-bond donors (Lipinski definition) is 0. The lowest BCUT2D eigenvalue weighted by Gasteiger charge is -2.02. The van der Waals surface area contributed by atoms with E-state index in [2.05, 4.69) is 10.1 Å². The SMILES string of the molecule is Cc1nn(-c2ccccc2)c2nc(Cl)cc(Cl)c12. The summed E-state index contributed by atoms with van der Waals surface area (Å²) in [4.78, 5) is 4.32. The molecule has 0 bridgehead atoms. The Morgan fingerprint density at radius 2 is 1.83 bits per heavy atom. The molecular formula is C13H9Cl2N3. The summed E-state index contributed by atoms with van der Waals surface area (Å²) in [5.74, 6) is 0. The molecule has 2 heterocycles. The van der Waals surface area contributed by atoms with E-state index >= 15 is 0 Å².